The van der Waals surface area contributed by atoms with Gasteiger partial charge in [-0.25, -0.2) is 0 Å². The lowest BCUT2D eigenvalue weighted by Crippen LogP contribution is -2.30. The Morgan fingerprint density at radius 1 is 1.21 bits per heavy atom. The molecule has 0 heterocycles. The summed E-state index contributed by atoms with van der Waals surface area (Å²) in [6.07, 6.45) is 4.24. The third-order valence-corrected chi connectivity index (χ3v) is 4.59. The molecule has 1 saturated carbocycles. The molecule has 0 saturated heterocycles. The molecule has 1 aromatic carbocycles. The minimum Gasteiger partial charge on any atom is -0.294 e. The van der Waals surface area contributed by atoms with Crippen LogP contribution in [0.3, 0.4) is 0 Å². The van der Waals surface area contributed by atoms with Gasteiger partial charge in [-0.1, -0.05) is 48.8 Å². The number of carbonyl (C=O) groups is 1. The maximum absolute atomic E-state index is 12.6. The summed E-state index contributed by atoms with van der Waals surface area (Å²) in [4.78, 5) is 12.6. The topological polar surface area (TPSA) is 17.1 Å². The quantitative estimate of drug-likeness (QED) is 0.692. The van der Waals surface area contributed by atoms with Gasteiger partial charge in [-0.3, -0.25) is 4.79 Å². The van der Waals surface area contributed by atoms with Crippen molar-refractivity contribution in [3.63, 3.8) is 0 Å². The van der Waals surface area contributed by atoms with Crippen LogP contribution in [0.4, 0.5) is 0 Å². The highest BCUT2D eigenvalue weighted by atomic mass is 79.9. The maximum Gasteiger partial charge on any atom is 0.162 e. The molecule has 0 aromatic heterocycles. The summed E-state index contributed by atoms with van der Waals surface area (Å²) in [5.41, 5.74) is 2.12. The number of hydrogen-bond acceptors (Lipinski definition) is 1. The van der Waals surface area contributed by atoms with Crippen molar-refractivity contribution in [1.29, 1.82) is 0 Å². The number of benzene rings is 1. The fourth-order valence-electron chi connectivity index (χ4n) is 2.76. The van der Waals surface area contributed by atoms with E-state index in [1.165, 1.54) is 0 Å². The Balaban J connectivity index is 2.29. The predicted octanol–water partition coefficient (Wildman–Crippen LogP) is 5.10. The zero-order valence-corrected chi connectivity index (χ0v) is 13.4. The second-order valence-electron chi connectivity index (χ2n) is 5.84. The van der Waals surface area contributed by atoms with Crippen molar-refractivity contribution in [2.45, 2.75) is 33.6 Å². The Bertz CT molecular complexity index is 484. The zero-order valence-electron chi connectivity index (χ0n) is 11.8. The first-order valence-electron chi connectivity index (χ1n) is 7.00. The van der Waals surface area contributed by atoms with Crippen molar-refractivity contribution in [3.8, 4) is 0 Å². The second kappa shape index (κ2) is 6.04. The number of allylic oxidation sites excluding steroid dienone is 1. The number of rotatable bonds is 2. The lowest BCUT2D eigenvalue weighted by Gasteiger charge is -2.30. The number of halogens is 1. The molecule has 2 atom stereocenters. The third kappa shape index (κ3) is 3.36. The van der Waals surface area contributed by atoms with E-state index in [9.17, 15) is 4.79 Å². The molecule has 0 N–H and O–H groups in total. The van der Waals surface area contributed by atoms with Crippen molar-refractivity contribution in [2.75, 3.05) is 0 Å². The third-order valence-electron chi connectivity index (χ3n) is 4.06. The SMILES string of the molecule is CC(C)[C@@H]1CC[C@@H](C)/C(=C\c2ccc(Br)cc2)C1=O. The van der Waals surface area contributed by atoms with Crippen molar-refractivity contribution in [3.05, 3.63) is 39.9 Å². The monoisotopic (exact) mass is 320 g/mol. The van der Waals surface area contributed by atoms with E-state index in [1.54, 1.807) is 0 Å². The van der Waals surface area contributed by atoms with Gasteiger partial charge in [-0.2, -0.15) is 0 Å². The van der Waals surface area contributed by atoms with Crippen LogP contribution in [0.1, 0.15) is 39.2 Å². The van der Waals surface area contributed by atoms with Gasteiger partial charge in [0.25, 0.3) is 0 Å². The first-order valence-corrected chi connectivity index (χ1v) is 7.79. The molecule has 1 aliphatic rings. The Morgan fingerprint density at radius 3 is 2.42 bits per heavy atom. The van der Waals surface area contributed by atoms with Crippen molar-refractivity contribution < 1.29 is 4.79 Å². The minimum absolute atomic E-state index is 0.206. The van der Waals surface area contributed by atoms with Crippen LogP contribution >= 0.6 is 15.9 Å². The summed E-state index contributed by atoms with van der Waals surface area (Å²) in [5.74, 6) is 1.38. The molecule has 2 heteroatoms. The Kier molecular flexibility index (Phi) is 4.62. The van der Waals surface area contributed by atoms with E-state index >= 15 is 0 Å². The molecule has 1 aliphatic carbocycles. The van der Waals surface area contributed by atoms with E-state index in [2.05, 4.69) is 54.9 Å². The lowest BCUT2D eigenvalue weighted by molar-refractivity contribution is -0.122. The van der Waals surface area contributed by atoms with Gasteiger partial charge in [0.2, 0.25) is 0 Å². The van der Waals surface area contributed by atoms with E-state index in [0.29, 0.717) is 17.6 Å². The van der Waals surface area contributed by atoms with Crippen LogP contribution in [0, 0.1) is 17.8 Å². The summed E-state index contributed by atoms with van der Waals surface area (Å²) >= 11 is 3.44. The van der Waals surface area contributed by atoms with Gasteiger partial charge in [-0.05, 0) is 54.0 Å². The first-order chi connectivity index (χ1) is 8.99. The largest absolute Gasteiger partial charge is 0.294 e. The molecule has 1 fully saturated rings. The minimum atomic E-state index is 0.206. The zero-order chi connectivity index (χ0) is 14.0. The highest BCUT2D eigenvalue weighted by Gasteiger charge is 2.32. The van der Waals surface area contributed by atoms with Gasteiger partial charge in [0.05, 0.1) is 0 Å². The van der Waals surface area contributed by atoms with Crippen molar-refractivity contribution >= 4 is 27.8 Å². The molecular weight excluding hydrogens is 300 g/mol. The van der Waals surface area contributed by atoms with Gasteiger partial charge in [0.1, 0.15) is 0 Å². The molecule has 19 heavy (non-hydrogen) atoms. The molecule has 102 valence electrons. The fraction of sp³-hybridized carbons (Fsp3) is 0.471. The average Bonchev–Trinajstić information content (AvgIpc) is 2.36. The molecule has 0 radical (unpaired) electrons. The van der Waals surface area contributed by atoms with E-state index in [0.717, 1.165) is 28.5 Å². The second-order valence-corrected chi connectivity index (χ2v) is 6.76. The molecule has 0 bridgehead atoms. The molecule has 0 amide bonds. The van der Waals surface area contributed by atoms with Crippen LogP contribution in [-0.4, -0.2) is 5.78 Å². The highest BCUT2D eigenvalue weighted by Crippen LogP contribution is 2.35. The van der Waals surface area contributed by atoms with Crippen LogP contribution in [0.5, 0.6) is 0 Å². The molecule has 1 nitrogen and oxygen atoms in total. The average molecular weight is 321 g/mol. The van der Waals surface area contributed by atoms with Gasteiger partial charge < -0.3 is 0 Å². The lowest BCUT2D eigenvalue weighted by atomic mass is 9.73. The Morgan fingerprint density at radius 2 is 1.84 bits per heavy atom. The molecular formula is C17H21BrO. The van der Waals surface area contributed by atoms with Gasteiger partial charge in [0.15, 0.2) is 5.78 Å². The summed E-state index contributed by atoms with van der Waals surface area (Å²) < 4.78 is 1.07. The standard InChI is InChI=1S/C17H21BrO/c1-11(2)15-9-4-12(3)16(17(15)19)10-13-5-7-14(18)8-6-13/h5-8,10-12,15H,4,9H2,1-3H3/b16-10+/t12-,15+/m1/s1. The predicted molar refractivity (Wildman–Crippen MR) is 83.9 cm³/mol. The van der Waals surface area contributed by atoms with Crippen LogP contribution in [0.15, 0.2) is 34.3 Å². The normalized spacial score (nSPS) is 26.2. The van der Waals surface area contributed by atoms with E-state index in [4.69, 9.17) is 0 Å². The molecule has 0 spiro atoms. The van der Waals surface area contributed by atoms with Crippen molar-refractivity contribution in [2.24, 2.45) is 17.8 Å². The molecule has 0 aliphatic heterocycles. The van der Waals surface area contributed by atoms with E-state index in [1.807, 2.05) is 12.1 Å². The Labute approximate surface area is 124 Å². The van der Waals surface area contributed by atoms with Crippen LogP contribution < -0.4 is 0 Å². The van der Waals surface area contributed by atoms with Crippen LogP contribution in [0.25, 0.3) is 6.08 Å². The summed E-state index contributed by atoms with van der Waals surface area (Å²) in [5, 5.41) is 0. The number of carbonyl (C=O) groups excluding carboxylic acids is 1. The maximum atomic E-state index is 12.6. The van der Waals surface area contributed by atoms with Crippen LogP contribution in [0.2, 0.25) is 0 Å². The van der Waals surface area contributed by atoms with Crippen LogP contribution in [-0.2, 0) is 4.79 Å². The fourth-order valence-corrected chi connectivity index (χ4v) is 3.03. The summed E-state index contributed by atoms with van der Waals surface area (Å²) in [6.45, 7) is 6.46. The number of ketones is 1. The number of Topliss-reactive ketones (excluding diaryl/α,β-unsaturated/α-hetero) is 1. The Hall–Kier alpha value is -0.890. The smallest absolute Gasteiger partial charge is 0.162 e. The molecule has 2 rings (SSSR count). The van der Waals surface area contributed by atoms with Crippen molar-refractivity contribution in [1.82, 2.24) is 0 Å². The first kappa shape index (κ1) is 14.5. The van der Waals surface area contributed by atoms with E-state index in [-0.39, 0.29) is 5.92 Å². The van der Waals surface area contributed by atoms with Gasteiger partial charge in [-0.15, -0.1) is 0 Å². The number of hydrogen-bond donors (Lipinski definition) is 0. The van der Waals surface area contributed by atoms with E-state index < -0.39 is 0 Å². The highest BCUT2D eigenvalue weighted by molar-refractivity contribution is 9.10. The summed E-state index contributed by atoms with van der Waals surface area (Å²) in [6, 6.07) is 8.14. The molecule has 0 unspecified atom stereocenters. The summed E-state index contributed by atoms with van der Waals surface area (Å²) in [7, 11) is 0. The molecule has 1 aromatic rings. The van der Waals surface area contributed by atoms with Gasteiger partial charge in [0, 0.05) is 10.4 Å². The van der Waals surface area contributed by atoms with Gasteiger partial charge >= 0.3 is 0 Å².